The minimum atomic E-state index is 0.231. The van der Waals surface area contributed by atoms with Gasteiger partial charge in [0.2, 0.25) is 0 Å². The van der Waals surface area contributed by atoms with E-state index in [1.54, 1.807) is 6.20 Å². The standard InChI is InChI=1S/C13H22N4/c1-4-13(3)10-17(11(2)8-14-13)9-12-6-5-7-15-16-12/h5-7,11,14H,4,8-10H2,1-3H3. The van der Waals surface area contributed by atoms with Crippen molar-refractivity contribution in [2.75, 3.05) is 13.1 Å². The molecule has 4 heteroatoms. The van der Waals surface area contributed by atoms with Gasteiger partial charge in [0.25, 0.3) is 0 Å². The Balaban J connectivity index is 2.04. The molecule has 0 radical (unpaired) electrons. The van der Waals surface area contributed by atoms with E-state index in [2.05, 4.69) is 41.2 Å². The molecule has 1 fully saturated rings. The lowest BCUT2D eigenvalue weighted by Gasteiger charge is -2.44. The second kappa shape index (κ2) is 5.10. The van der Waals surface area contributed by atoms with Crippen molar-refractivity contribution >= 4 is 0 Å². The molecule has 0 spiro atoms. The zero-order valence-corrected chi connectivity index (χ0v) is 11.0. The highest BCUT2D eigenvalue weighted by atomic mass is 15.3. The van der Waals surface area contributed by atoms with Crippen LogP contribution in [0.3, 0.4) is 0 Å². The molecule has 0 saturated carbocycles. The van der Waals surface area contributed by atoms with Gasteiger partial charge in [0.05, 0.1) is 5.69 Å². The lowest BCUT2D eigenvalue weighted by molar-refractivity contribution is 0.0852. The summed E-state index contributed by atoms with van der Waals surface area (Å²) < 4.78 is 0. The van der Waals surface area contributed by atoms with Gasteiger partial charge < -0.3 is 5.32 Å². The molecule has 4 nitrogen and oxygen atoms in total. The SMILES string of the molecule is CCC1(C)CN(Cc2cccnn2)C(C)CN1. The van der Waals surface area contributed by atoms with Crippen molar-refractivity contribution in [1.29, 1.82) is 0 Å². The molecule has 1 saturated heterocycles. The van der Waals surface area contributed by atoms with E-state index in [0.29, 0.717) is 6.04 Å². The summed E-state index contributed by atoms with van der Waals surface area (Å²) in [5, 5.41) is 11.7. The summed E-state index contributed by atoms with van der Waals surface area (Å²) >= 11 is 0. The minimum Gasteiger partial charge on any atom is -0.309 e. The molecule has 2 rings (SSSR count). The third kappa shape index (κ3) is 3.01. The summed E-state index contributed by atoms with van der Waals surface area (Å²) in [5.74, 6) is 0. The van der Waals surface area contributed by atoms with E-state index in [-0.39, 0.29) is 5.54 Å². The quantitative estimate of drug-likeness (QED) is 0.859. The molecule has 2 atom stereocenters. The van der Waals surface area contributed by atoms with E-state index in [0.717, 1.165) is 31.7 Å². The van der Waals surface area contributed by atoms with Crippen LogP contribution >= 0.6 is 0 Å². The van der Waals surface area contributed by atoms with Gasteiger partial charge in [-0.25, -0.2) is 0 Å². The highest BCUT2D eigenvalue weighted by Crippen LogP contribution is 2.20. The second-order valence-electron chi connectivity index (χ2n) is 5.26. The Hall–Kier alpha value is -1.00. The fourth-order valence-electron chi connectivity index (χ4n) is 2.26. The first-order valence-corrected chi connectivity index (χ1v) is 6.38. The third-order valence-electron chi connectivity index (χ3n) is 3.77. The van der Waals surface area contributed by atoms with Crippen molar-refractivity contribution in [2.45, 2.75) is 45.3 Å². The molecule has 2 heterocycles. The molecule has 0 aliphatic carbocycles. The maximum absolute atomic E-state index is 4.17. The van der Waals surface area contributed by atoms with Gasteiger partial charge in [-0.1, -0.05) is 6.92 Å². The molecular formula is C13H22N4. The predicted octanol–water partition coefficient (Wildman–Crippen LogP) is 1.44. The largest absolute Gasteiger partial charge is 0.309 e. The first-order valence-electron chi connectivity index (χ1n) is 6.38. The van der Waals surface area contributed by atoms with Gasteiger partial charge in [-0.3, -0.25) is 4.90 Å². The summed E-state index contributed by atoms with van der Waals surface area (Å²) in [6.45, 7) is 9.81. The zero-order chi connectivity index (χ0) is 12.3. The molecule has 1 aliphatic rings. The van der Waals surface area contributed by atoms with E-state index in [1.807, 2.05) is 12.1 Å². The first-order chi connectivity index (χ1) is 8.13. The summed E-state index contributed by atoms with van der Waals surface area (Å²) in [7, 11) is 0. The Morgan fingerprint density at radius 3 is 3.06 bits per heavy atom. The third-order valence-corrected chi connectivity index (χ3v) is 3.77. The van der Waals surface area contributed by atoms with Crippen LogP contribution in [-0.2, 0) is 6.54 Å². The van der Waals surface area contributed by atoms with E-state index in [1.165, 1.54) is 0 Å². The van der Waals surface area contributed by atoms with Gasteiger partial charge in [0.1, 0.15) is 0 Å². The van der Waals surface area contributed by atoms with Gasteiger partial charge in [-0.15, -0.1) is 0 Å². The smallest absolute Gasteiger partial charge is 0.0771 e. The number of hydrogen-bond acceptors (Lipinski definition) is 4. The first kappa shape index (κ1) is 12.5. The van der Waals surface area contributed by atoms with Gasteiger partial charge in [-0.2, -0.15) is 10.2 Å². The Kier molecular flexibility index (Phi) is 3.74. The Morgan fingerprint density at radius 2 is 2.41 bits per heavy atom. The average Bonchev–Trinajstić information content (AvgIpc) is 2.35. The van der Waals surface area contributed by atoms with Crippen LogP contribution in [0.2, 0.25) is 0 Å². The molecule has 1 aromatic heterocycles. The number of aromatic nitrogens is 2. The highest BCUT2D eigenvalue weighted by molar-refractivity contribution is 5.01. The van der Waals surface area contributed by atoms with Crippen molar-refractivity contribution in [1.82, 2.24) is 20.4 Å². The highest BCUT2D eigenvalue weighted by Gasteiger charge is 2.32. The number of piperazine rings is 1. The van der Waals surface area contributed by atoms with Crippen LogP contribution in [0.25, 0.3) is 0 Å². The number of nitrogens with zero attached hydrogens (tertiary/aromatic N) is 3. The van der Waals surface area contributed by atoms with Crippen LogP contribution in [-0.4, -0.2) is 39.8 Å². The molecular weight excluding hydrogens is 212 g/mol. The zero-order valence-electron chi connectivity index (χ0n) is 11.0. The minimum absolute atomic E-state index is 0.231. The van der Waals surface area contributed by atoms with Crippen molar-refractivity contribution in [3.05, 3.63) is 24.0 Å². The fourth-order valence-corrected chi connectivity index (χ4v) is 2.26. The number of nitrogens with one attached hydrogen (secondary N) is 1. The van der Waals surface area contributed by atoms with Crippen LogP contribution < -0.4 is 5.32 Å². The number of rotatable bonds is 3. The summed E-state index contributed by atoms with van der Waals surface area (Å²) in [6, 6.07) is 4.55. The number of hydrogen-bond donors (Lipinski definition) is 1. The summed E-state index contributed by atoms with van der Waals surface area (Å²) in [5.41, 5.74) is 1.29. The van der Waals surface area contributed by atoms with E-state index in [9.17, 15) is 0 Å². The topological polar surface area (TPSA) is 41.1 Å². The second-order valence-corrected chi connectivity index (χ2v) is 5.26. The van der Waals surface area contributed by atoms with Crippen molar-refractivity contribution < 1.29 is 0 Å². The lowest BCUT2D eigenvalue weighted by Crippen LogP contribution is -2.61. The van der Waals surface area contributed by atoms with Crippen molar-refractivity contribution in [2.24, 2.45) is 0 Å². The molecule has 0 bridgehead atoms. The van der Waals surface area contributed by atoms with Crippen LogP contribution in [0.4, 0.5) is 0 Å². The van der Waals surface area contributed by atoms with E-state index < -0.39 is 0 Å². The summed E-state index contributed by atoms with van der Waals surface area (Å²) in [4.78, 5) is 2.49. The molecule has 1 N–H and O–H groups in total. The molecule has 94 valence electrons. The van der Waals surface area contributed by atoms with Gasteiger partial charge in [0.15, 0.2) is 0 Å². The maximum atomic E-state index is 4.17. The van der Waals surface area contributed by atoms with Crippen LogP contribution in [0.1, 0.15) is 32.9 Å². The van der Waals surface area contributed by atoms with E-state index >= 15 is 0 Å². The molecule has 2 unspecified atom stereocenters. The molecule has 1 aromatic rings. The van der Waals surface area contributed by atoms with Gasteiger partial charge >= 0.3 is 0 Å². The molecule has 17 heavy (non-hydrogen) atoms. The van der Waals surface area contributed by atoms with E-state index in [4.69, 9.17) is 0 Å². The van der Waals surface area contributed by atoms with Crippen molar-refractivity contribution in [3.8, 4) is 0 Å². The van der Waals surface area contributed by atoms with Gasteiger partial charge in [-0.05, 0) is 32.4 Å². The Bertz CT molecular complexity index is 354. The predicted molar refractivity (Wildman–Crippen MR) is 68.6 cm³/mol. The average molecular weight is 234 g/mol. The Morgan fingerprint density at radius 1 is 1.59 bits per heavy atom. The molecule has 0 aromatic carbocycles. The van der Waals surface area contributed by atoms with Gasteiger partial charge in [0, 0.05) is 37.4 Å². The van der Waals surface area contributed by atoms with Crippen LogP contribution in [0.15, 0.2) is 18.3 Å². The molecule has 0 amide bonds. The maximum Gasteiger partial charge on any atom is 0.0771 e. The normalized spacial score (nSPS) is 30.4. The lowest BCUT2D eigenvalue weighted by atomic mass is 9.94. The fraction of sp³-hybridized carbons (Fsp3) is 0.692. The van der Waals surface area contributed by atoms with Crippen LogP contribution in [0, 0.1) is 0 Å². The van der Waals surface area contributed by atoms with Crippen molar-refractivity contribution in [3.63, 3.8) is 0 Å². The molecule has 1 aliphatic heterocycles. The summed E-state index contributed by atoms with van der Waals surface area (Å²) in [6.07, 6.45) is 2.87. The van der Waals surface area contributed by atoms with Crippen LogP contribution in [0.5, 0.6) is 0 Å². The Labute approximate surface area is 103 Å². The monoisotopic (exact) mass is 234 g/mol.